The molecule has 0 aliphatic rings. The summed E-state index contributed by atoms with van der Waals surface area (Å²) in [5.41, 5.74) is 1.19. The normalized spacial score (nSPS) is 12.4. The van der Waals surface area contributed by atoms with Crippen molar-refractivity contribution in [3.8, 4) is 0 Å². The lowest BCUT2D eigenvalue weighted by Crippen LogP contribution is -2.08. The summed E-state index contributed by atoms with van der Waals surface area (Å²) in [6.07, 6.45) is 2.71. The van der Waals surface area contributed by atoms with Crippen molar-refractivity contribution in [2.75, 3.05) is 0 Å². The summed E-state index contributed by atoms with van der Waals surface area (Å²) in [4.78, 5) is 9.94. The molecule has 0 saturated carbocycles. The predicted octanol–water partition coefficient (Wildman–Crippen LogP) is 1.48. The summed E-state index contributed by atoms with van der Waals surface area (Å²) in [7, 11) is 0. The molecule has 2 heteroatoms. The summed E-state index contributed by atoms with van der Waals surface area (Å²) >= 11 is 0. The summed E-state index contributed by atoms with van der Waals surface area (Å²) < 4.78 is 0. The Morgan fingerprint density at radius 2 is 2.00 bits per heavy atom. The molecule has 0 amide bonds. The number of aliphatic hydroxyl groups is 1. The molecule has 0 aliphatic carbocycles. The molecule has 69 valence electrons. The molecule has 0 spiro atoms. The largest absolute Gasteiger partial charge is 0.393 e. The molecule has 0 bridgehead atoms. The van der Waals surface area contributed by atoms with Crippen molar-refractivity contribution in [2.24, 2.45) is 0 Å². The molecule has 0 fully saturated rings. The smallest absolute Gasteiger partial charge is 0.201 e. The van der Waals surface area contributed by atoms with E-state index in [0.29, 0.717) is 6.42 Å². The minimum Gasteiger partial charge on any atom is -0.393 e. The molecule has 2 nitrogen and oxygen atoms in total. The molecule has 13 heavy (non-hydrogen) atoms. The molecular weight excluding hydrogens is 164 g/mol. The highest BCUT2D eigenvalue weighted by molar-refractivity contribution is 5.51. The van der Waals surface area contributed by atoms with Gasteiger partial charge in [-0.1, -0.05) is 30.3 Å². The Balaban J connectivity index is 2.30. The fraction of sp³-hybridized carbons (Fsp3) is 0.364. The second-order valence-electron chi connectivity index (χ2n) is 3.03. The maximum atomic E-state index is 9.94. The van der Waals surface area contributed by atoms with Gasteiger partial charge in [0.05, 0.1) is 6.10 Å². The SMILES string of the molecule is O=[C]CC(O)CCc1ccccc1. The van der Waals surface area contributed by atoms with Crippen LogP contribution >= 0.6 is 0 Å². The van der Waals surface area contributed by atoms with Crippen molar-refractivity contribution >= 4 is 6.29 Å². The Bertz CT molecular complexity index is 244. The Kier molecular flexibility index (Phi) is 4.19. The van der Waals surface area contributed by atoms with Crippen LogP contribution in [0.1, 0.15) is 18.4 Å². The maximum absolute atomic E-state index is 9.94. The van der Waals surface area contributed by atoms with Gasteiger partial charge in [0.2, 0.25) is 6.29 Å². The first-order valence-electron chi connectivity index (χ1n) is 4.40. The fourth-order valence-electron chi connectivity index (χ4n) is 1.18. The van der Waals surface area contributed by atoms with E-state index in [2.05, 4.69) is 0 Å². The first-order chi connectivity index (χ1) is 6.33. The quantitative estimate of drug-likeness (QED) is 0.739. The molecule has 1 N–H and O–H groups in total. The van der Waals surface area contributed by atoms with Crippen LogP contribution in [-0.4, -0.2) is 17.5 Å². The van der Waals surface area contributed by atoms with E-state index in [9.17, 15) is 9.90 Å². The first kappa shape index (κ1) is 9.93. The lowest BCUT2D eigenvalue weighted by Gasteiger charge is -2.05. The molecule has 0 aromatic heterocycles. The lowest BCUT2D eigenvalue weighted by molar-refractivity contribution is 0.171. The van der Waals surface area contributed by atoms with Crippen LogP contribution in [0.25, 0.3) is 0 Å². The fourth-order valence-corrected chi connectivity index (χ4v) is 1.18. The third-order valence-electron chi connectivity index (χ3n) is 1.93. The molecule has 1 rings (SSSR count). The zero-order valence-corrected chi connectivity index (χ0v) is 7.44. The van der Waals surface area contributed by atoms with Crippen molar-refractivity contribution in [2.45, 2.75) is 25.4 Å². The highest BCUT2D eigenvalue weighted by Crippen LogP contribution is 2.05. The van der Waals surface area contributed by atoms with E-state index in [1.165, 1.54) is 5.56 Å². The van der Waals surface area contributed by atoms with Crippen LogP contribution in [0.15, 0.2) is 30.3 Å². The van der Waals surface area contributed by atoms with Gasteiger partial charge >= 0.3 is 0 Å². The van der Waals surface area contributed by atoms with Gasteiger partial charge in [0.15, 0.2) is 0 Å². The highest BCUT2D eigenvalue weighted by Gasteiger charge is 2.03. The molecule has 0 heterocycles. The standard InChI is InChI=1S/C11H13O2/c12-9-8-11(13)7-6-10-4-2-1-3-5-10/h1-5,11,13H,6-8H2. The van der Waals surface area contributed by atoms with Gasteiger partial charge in [-0.2, -0.15) is 0 Å². The topological polar surface area (TPSA) is 37.3 Å². The Hall–Kier alpha value is -1.15. The molecular formula is C11H13O2. The summed E-state index contributed by atoms with van der Waals surface area (Å²) in [6.45, 7) is 0. The van der Waals surface area contributed by atoms with Gasteiger partial charge in [-0.15, -0.1) is 0 Å². The van der Waals surface area contributed by atoms with E-state index in [-0.39, 0.29) is 6.42 Å². The van der Waals surface area contributed by atoms with Crippen molar-refractivity contribution in [1.82, 2.24) is 0 Å². The van der Waals surface area contributed by atoms with Crippen LogP contribution in [-0.2, 0) is 11.2 Å². The average molecular weight is 177 g/mol. The second kappa shape index (κ2) is 5.49. The molecule has 0 saturated heterocycles. The summed E-state index contributed by atoms with van der Waals surface area (Å²) in [5, 5.41) is 9.25. The summed E-state index contributed by atoms with van der Waals surface area (Å²) in [6, 6.07) is 9.91. The van der Waals surface area contributed by atoms with Crippen LogP contribution in [0.4, 0.5) is 0 Å². The van der Waals surface area contributed by atoms with Gasteiger partial charge in [0.1, 0.15) is 0 Å². The highest BCUT2D eigenvalue weighted by atomic mass is 16.3. The van der Waals surface area contributed by atoms with Crippen LogP contribution < -0.4 is 0 Å². The second-order valence-corrected chi connectivity index (χ2v) is 3.03. The van der Waals surface area contributed by atoms with Crippen LogP contribution in [0.2, 0.25) is 0 Å². The molecule has 1 unspecified atom stereocenters. The van der Waals surface area contributed by atoms with E-state index in [4.69, 9.17) is 0 Å². The van der Waals surface area contributed by atoms with Crippen LogP contribution in [0.5, 0.6) is 0 Å². The molecule has 1 radical (unpaired) electrons. The zero-order chi connectivity index (χ0) is 9.52. The van der Waals surface area contributed by atoms with Crippen LogP contribution in [0.3, 0.4) is 0 Å². The number of aryl methyl sites for hydroxylation is 1. The number of hydrogen-bond donors (Lipinski definition) is 1. The third kappa shape index (κ3) is 3.85. The van der Waals surface area contributed by atoms with E-state index >= 15 is 0 Å². The zero-order valence-electron chi connectivity index (χ0n) is 7.44. The maximum Gasteiger partial charge on any atom is 0.201 e. The Labute approximate surface area is 78.2 Å². The van der Waals surface area contributed by atoms with Gasteiger partial charge < -0.3 is 5.11 Å². The van der Waals surface area contributed by atoms with E-state index in [1.54, 1.807) is 6.29 Å². The average Bonchev–Trinajstić information content (AvgIpc) is 2.17. The number of hydrogen-bond acceptors (Lipinski definition) is 2. The van der Waals surface area contributed by atoms with Crippen LogP contribution in [0, 0.1) is 0 Å². The van der Waals surface area contributed by atoms with Gasteiger partial charge in [-0.3, -0.25) is 4.79 Å². The number of aliphatic hydroxyl groups excluding tert-OH is 1. The number of benzene rings is 1. The predicted molar refractivity (Wildman–Crippen MR) is 51.1 cm³/mol. The van der Waals surface area contributed by atoms with Crippen molar-refractivity contribution in [1.29, 1.82) is 0 Å². The number of rotatable bonds is 5. The molecule has 1 atom stereocenters. The Morgan fingerprint density at radius 3 is 2.62 bits per heavy atom. The Morgan fingerprint density at radius 1 is 1.31 bits per heavy atom. The van der Waals surface area contributed by atoms with Crippen molar-refractivity contribution in [3.05, 3.63) is 35.9 Å². The minimum absolute atomic E-state index is 0.118. The van der Waals surface area contributed by atoms with Crippen molar-refractivity contribution < 1.29 is 9.90 Å². The lowest BCUT2D eigenvalue weighted by atomic mass is 10.1. The van der Waals surface area contributed by atoms with Crippen molar-refractivity contribution in [3.63, 3.8) is 0 Å². The van der Waals surface area contributed by atoms with E-state index in [1.807, 2.05) is 30.3 Å². The number of carbonyl (C=O) groups excluding carboxylic acids is 1. The third-order valence-corrected chi connectivity index (χ3v) is 1.93. The minimum atomic E-state index is -0.544. The monoisotopic (exact) mass is 177 g/mol. The van der Waals surface area contributed by atoms with Gasteiger partial charge in [-0.05, 0) is 18.4 Å². The molecule has 1 aromatic rings. The first-order valence-corrected chi connectivity index (χ1v) is 4.40. The van der Waals surface area contributed by atoms with Gasteiger partial charge in [-0.25, -0.2) is 0 Å². The van der Waals surface area contributed by atoms with Gasteiger partial charge in [0, 0.05) is 6.42 Å². The molecule has 1 aromatic carbocycles. The van der Waals surface area contributed by atoms with E-state index < -0.39 is 6.10 Å². The summed E-state index contributed by atoms with van der Waals surface area (Å²) in [5.74, 6) is 0. The molecule has 0 aliphatic heterocycles. The van der Waals surface area contributed by atoms with Gasteiger partial charge in [0.25, 0.3) is 0 Å². The van der Waals surface area contributed by atoms with E-state index in [0.717, 1.165) is 6.42 Å².